The van der Waals surface area contributed by atoms with Crippen molar-refractivity contribution in [2.45, 2.75) is 18.8 Å². The number of carbonyl (C=O) groups excluding carboxylic acids is 1. The SMILES string of the molecule is N[C@@H](COCc1ccccc1)C(=O)SCC(=O)O.O=C(O)C(F)(F)F. The Hall–Kier alpha value is -2.11. The lowest BCUT2D eigenvalue weighted by Crippen LogP contribution is -2.33. The largest absolute Gasteiger partial charge is 0.490 e. The van der Waals surface area contributed by atoms with Crippen LogP contribution in [0.2, 0.25) is 0 Å². The highest BCUT2D eigenvalue weighted by atomic mass is 32.2. The van der Waals surface area contributed by atoms with E-state index in [-0.39, 0.29) is 17.5 Å². The summed E-state index contributed by atoms with van der Waals surface area (Å²) in [6.07, 6.45) is -5.08. The molecular formula is C14H16F3NO6S. The van der Waals surface area contributed by atoms with Crippen molar-refractivity contribution < 1.29 is 42.5 Å². The number of carboxylic acid groups (broad SMARTS) is 2. The molecule has 1 aromatic rings. The summed E-state index contributed by atoms with van der Waals surface area (Å²) >= 11 is 0.695. The molecule has 0 aliphatic heterocycles. The summed E-state index contributed by atoms with van der Waals surface area (Å²) in [6, 6.07) is 8.72. The minimum absolute atomic E-state index is 0.0837. The van der Waals surface area contributed by atoms with E-state index in [1.807, 2.05) is 30.3 Å². The molecule has 7 nitrogen and oxygen atoms in total. The van der Waals surface area contributed by atoms with E-state index in [9.17, 15) is 22.8 Å². The van der Waals surface area contributed by atoms with Gasteiger partial charge in [-0.25, -0.2) is 4.79 Å². The minimum Gasteiger partial charge on any atom is -0.481 e. The fourth-order valence-corrected chi connectivity index (χ4v) is 1.73. The van der Waals surface area contributed by atoms with Gasteiger partial charge < -0.3 is 20.7 Å². The van der Waals surface area contributed by atoms with Crippen molar-refractivity contribution in [2.24, 2.45) is 5.73 Å². The second-order valence-electron chi connectivity index (χ2n) is 4.41. The average Bonchev–Trinajstić information content (AvgIpc) is 2.53. The highest BCUT2D eigenvalue weighted by molar-refractivity contribution is 8.14. The predicted octanol–water partition coefficient (Wildman–Crippen LogP) is 1.51. The third-order valence-corrected chi connectivity index (χ3v) is 3.27. The quantitative estimate of drug-likeness (QED) is 0.647. The monoisotopic (exact) mass is 383 g/mol. The Morgan fingerprint density at radius 2 is 1.68 bits per heavy atom. The van der Waals surface area contributed by atoms with Gasteiger partial charge in [-0.1, -0.05) is 42.1 Å². The van der Waals surface area contributed by atoms with Crippen LogP contribution >= 0.6 is 11.8 Å². The zero-order valence-corrected chi connectivity index (χ0v) is 13.5. The van der Waals surface area contributed by atoms with Crippen LogP contribution in [0.5, 0.6) is 0 Å². The number of thioether (sulfide) groups is 1. The first-order valence-electron chi connectivity index (χ1n) is 6.59. The van der Waals surface area contributed by atoms with Gasteiger partial charge in [-0.05, 0) is 5.56 Å². The zero-order chi connectivity index (χ0) is 19.5. The molecule has 0 aromatic heterocycles. The molecule has 25 heavy (non-hydrogen) atoms. The van der Waals surface area contributed by atoms with Gasteiger partial charge in [0, 0.05) is 0 Å². The van der Waals surface area contributed by atoms with Crippen molar-refractivity contribution in [3.63, 3.8) is 0 Å². The van der Waals surface area contributed by atoms with E-state index in [4.69, 9.17) is 25.5 Å². The lowest BCUT2D eigenvalue weighted by atomic mass is 10.2. The third-order valence-electron chi connectivity index (χ3n) is 2.29. The number of alkyl halides is 3. The van der Waals surface area contributed by atoms with Gasteiger partial charge in [0.2, 0.25) is 5.12 Å². The Bertz CT molecular complexity index is 567. The topological polar surface area (TPSA) is 127 Å². The maximum absolute atomic E-state index is 11.4. The molecule has 11 heteroatoms. The third kappa shape index (κ3) is 12.0. The molecule has 0 heterocycles. The Morgan fingerprint density at radius 3 is 2.12 bits per heavy atom. The normalized spacial score (nSPS) is 11.8. The molecule has 0 amide bonds. The molecule has 0 bridgehead atoms. The standard InChI is InChI=1S/C12H15NO4S.C2HF3O2/c13-10(12(16)18-8-11(14)15)7-17-6-9-4-2-1-3-5-9;3-2(4,5)1(6)7/h1-5,10H,6-8,13H2,(H,14,15);(H,6,7)/t10-;/m0./s1. The van der Waals surface area contributed by atoms with Gasteiger partial charge in [-0.2, -0.15) is 13.2 Å². The molecule has 0 fully saturated rings. The maximum atomic E-state index is 11.4. The van der Waals surface area contributed by atoms with Gasteiger partial charge in [0.05, 0.1) is 25.0 Å². The minimum atomic E-state index is -5.08. The summed E-state index contributed by atoms with van der Waals surface area (Å²) in [5.41, 5.74) is 6.57. The first-order chi connectivity index (χ1) is 11.5. The van der Waals surface area contributed by atoms with Gasteiger partial charge in [0.1, 0.15) is 0 Å². The van der Waals surface area contributed by atoms with Gasteiger partial charge in [0.15, 0.2) is 0 Å². The molecular weight excluding hydrogens is 367 g/mol. The average molecular weight is 383 g/mol. The van der Waals surface area contributed by atoms with E-state index in [1.54, 1.807) is 0 Å². The maximum Gasteiger partial charge on any atom is 0.490 e. The number of halogens is 3. The van der Waals surface area contributed by atoms with Crippen LogP contribution in [-0.4, -0.2) is 51.8 Å². The van der Waals surface area contributed by atoms with Crippen LogP contribution in [0, 0.1) is 0 Å². The number of nitrogens with two attached hydrogens (primary N) is 1. The van der Waals surface area contributed by atoms with Crippen molar-refractivity contribution in [1.29, 1.82) is 0 Å². The van der Waals surface area contributed by atoms with Crippen molar-refractivity contribution in [3.05, 3.63) is 35.9 Å². The molecule has 0 saturated heterocycles. The summed E-state index contributed by atoms with van der Waals surface area (Å²) in [5.74, 6) is -4.07. The molecule has 140 valence electrons. The number of hydrogen-bond acceptors (Lipinski definition) is 6. The summed E-state index contributed by atoms with van der Waals surface area (Å²) in [7, 11) is 0. The molecule has 0 aliphatic rings. The number of carboxylic acids is 2. The smallest absolute Gasteiger partial charge is 0.481 e. The molecule has 0 spiro atoms. The number of hydrogen-bond donors (Lipinski definition) is 3. The number of aliphatic carboxylic acids is 2. The van der Waals surface area contributed by atoms with Gasteiger partial charge >= 0.3 is 18.1 Å². The van der Waals surface area contributed by atoms with E-state index in [0.717, 1.165) is 5.56 Å². The number of carbonyl (C=O) groups is 3. The van der Waals surface area contributed by atoms with Crippen molar-refractivity contribution >= 4 is 28.8 Å². The predicted molar refractivity (Wildman–Crippen MR) is 82.9 cm³/mol. The van der Waals surface area contributed by atoms with Crippen LogP contribution in [-0.2, 0) is 25.7 Å². The summed E-state index contributed by atoms with van der Waals surface area (Å²) in [6.45, 7) is 0.464. The van der Waals surface area contributed by atoms with Crippen molar-refractivity contribution in [1.82, 2.24) is 0 Å². The van der Waals surface area contributed by atoms with E-state index < -0.39 is 24.2 Å². The highest BCUT2D eigenvalue weighted by Crippen LogP contribution is 2.13. The van der Waals surface area contributed by atoms with Crippen LogP contribution in [0.1, 0.15) is 5.56 Å². The first kappa shape index (κ1) is 22.9. The van der Waals surface area contributed by atoms with E-state index in [1.165, 1.54) is 0 Å². The van der Waals surface area contributed by atoms with Crippen LogP contribution in [0.3, 0.4) is 0 Å². The van der Waals surface area contributed by atoms with E-state index >= 15 is 0 Å². The number of benzene rings is 1. The molecule has 1 atom stereocenters. The molecule has 0 unspecified atom stereocenters. The fourth-order valence-electron chi connectivity index (χ4n) is 1.19. The van der Waals surface area contributed by atoms with Crippen molar-refractivity contribution in [2.75, 3.05) is 12.4 Å². The van der Waals surface area contributed by atoms with Crippen LogP contribution in [0.4, 0.5) is 13.2 Å². The Morgan fingerprint density at radius 1 is 1.16 bits per heavy atom. The summed E-state index contributed by atoms with van der Waals surface area (Å²) < 4.78 is 37.0. The molecule has 0 saturated carbocycles. The zero-order valence-electron chi connectivity index (χ0n) is 12.7. The Balaban J connectivity index is 0.000000697. The van der Waals surface area contributed by atoms with Crippen LogP contribution in [0.15, 0.2) is 30.3 Å². The number of ether oxygens (including phenoxy) is 1. The van der Waals surface area contributed by atoms with Gasteiger partial charge in [0.25, 0.3) is 0 Å². The molecule has 1 aromatic carbocycles. The van der Waals surface area contributed by atoms with Crippen LogP contribution < -0.4 is 5.73 Å². The second-order valence-corrected chi connectivity index (χ2v) is 5.39. The summed E-state index contributed by atoms with van der Waals surface area (Å²) in [4.78, 5) is 30.6. The second kappa shape index (κ2) is 11.4. The number of rotatable bonds is 7. The van der Waals surface area contributed by atoms with E-state index in [2.05, 4.69) is 0 Å². The summed E-state index contributed by atoms with van der Waals surface area (Å²) in [5, 5.41) is 15.2. The molecule has 1 rings (SSSR count). The molecule has 0 aliphatic carbocycles. The molecule has 0 radical (unpaired) electrons. The lowest BCUT2D eigenvalue weighted by Gasteiger charge is -2.10. The van der Waals surface area contributed by atoms with Gasteiger partial charge in [-0.15, -0.1) is 0 Å². The lowest BCUT2D eigenvalue weighted by molar-refractivity contribution is -0.192. The van der Waals surface area contributed by atoms with Crippen molar-refractivity contribution in [3.8, 4) is 0 Å². The Kier molecular flexibility index (Phi) is 10.5. The molecule has 4 N–H and O–H groups in total. The Labute approximate surface area is 145 Å². The van der Waals surface area contributed by atoms with Crippen LogP contribution in [0.25, 0.3) is 0 Å². The fraction of sp³-hybridized carbons (Fsp3) is 0.357. The highest BCUT2D eigenvalue weighted by Gasteiger charge is 2.38. The first-order valence-corrected chi connectivity index (χ1v) is 7.58. The van der Waals surface area contributed by atoms with E-state index in [0.29, 0.717) is 18.4 Å². The van der Waals surface area contributed by atoms with Gasteiger partial charge in [-0.3, -0.25) is 9.59 Å².